The number of rotatable bonds is 4. The van der Waals surface area contributed by atoms with Gasteiger partial charge in [-0.25, -0.2) is 0 Å². The number of nitrogens with zero attached hydrogens (tertiary/aromatic N) is 2. The molecule has 18 heavy (non-hydrogen) atoms. The minimum absolute atomic E-state index is 0.123. The summed E-state index contributed by atoms with van der Waals surface area (Å²) >= 11 is 3.37. The van der Waals surface area contributed by atoms with Crippen molar-refractivity contribution < 1.29 is 9.36 Å². The van der Waals surface area contributed by atoms with Crippen LogP contribution in [0.15, 0.2) is 41.1 Å². The number of hydrogen-bond donors (Lipinski definition) is 0. The van der Waals surface area contributed by atoms with Crippen LogP contribution in [0.3, 0.4) is 0 Å². The van der Waals surface area contributed by atoms with E-state index in [1.807, 2.05) is 67.2 Å². The van der Waals surface area contributed by atoms with Gasteiger partial charge in [0.25, 0.3) is 0 Å². The Hall–Kier alpha value is -1.36. The smallest absolute Gasteiger partial charge is 0.125 e. The van der Waals surface area contributed by atoms with Gasteiger partial charge in [0.15, 0.2) is 0 Å². The fourth-order valence-electron chi connectivity index (χ4n) is 1.85. The molecular formula is C13H14BBrN2O. The van der Waals surface area contributed by atoms with E-state index in [1.165, 1.54) is 0 Å². The summed E-state index contributed by atoms with van der Waals surface area (Å²) in [7, 11) is 5.88. The molecule has 3 nitrogen and oxygen atoms in total. The van der Waals surface area contributed by atoms with E-state index in [2.05, 4.69) is 15.9 Å². The number of Topliss-reactive ketones (excluding diaryl/α,β-unsaturated/α-hetero) is 1. The molecule has 1 aromatic heterocycles. The predicted octanol–water partition coefficient (Wildman–Crippen LogP) is 1.24. The number of carbonyl (C=O) groups is 1. The molecule has 0 unspecified atom stereocenters. The Morgan fingerprint density at radius 2 is 2.28 bits per heavy atom. The maximum atomic E-state index is 12.0. The lowest BCUT2D eigenvalue weighted by atomic mass is 9.70. The zero-order chi connectivity index (χ0) is 13.1. The lowest BCUT2D eigenvalue weighted by Gasteiger charge is -2.12. The molecule has 0 amide bonds. The number of aryl methyl sites for hydroxylation is 2. The molecule has 0 saturated carbocycles. The van der Waals surface area contributed by atoms with Gasteiger partial charge in [0.1, 0.15) is 18.2 Å². The lowest BCUT2D eigenvalue weighted by Crippen LogP contribution is -2.49. The van der Waals surface area contributed by atoms with Gasteiger partial charge >= 0.3 is 0 Å². The summed E-state index contributed by atoms with van der Waals surface area (Å²) in [6.45, 7) is 0. The summed E-state index contributed by atoms with van der Waals surface area (Å²) in [5.74, 6) is 0.123. The molecule has 0 saturated heterocycles. The Balaban J connectivity index is 2.05. The largest absolute Gasteiger partial charge is 0.298 e. The number of halogens is 1. The average Bonchev–Trinajstić information content (AvgIpc) is 2.66. The van der Waals surface area contributed by atoms with E-state index < -0.39 is 0 Å². The van der Waals surface area contributed by atoms with Crippen LogP contribution in [0.4, 0.5) is 0 Å². The second-order valence-corrected chi connectivity index (χ2v) is 5.14. The summed E-state index contributed by atoms with van der Waals surface area (Å²) in [5.41, 5.74) is 1.76. The number of ketones is 1. The first-order valence-electron chi connectivity index (χ1n) is 5.71. The molecule has 1 heterocycles. The van der Waals surface area contributed by atoms with Crippen LogP contribution in [0, 0.1) is 0 Å². The second kappa shape index (κ2) is 5.52. The van der Waals surface area contributed by atoms with Crippen molar-refractivity contribution in [1.29, 1.82) is 0 Å². The van der Waals surface area contributed by atoms with Crippen LogP contribution in [0.25, 0.3) is 0 Å². The van der Waals surface area contributed by atoms with Crippen molar-refractivity contribution in [3.05, 3.63) is 46.7 Å². The van der Waals surface area contributed by atoms with Crippen molar-refractivity contribution in [3.8, 4) is 0 Å². The van der Waals surface area contributed by atoms with Gasteiger partial charge in [-0.05, 0) is 12.1 Å². The van der Waals surface area contributed by atoms with Crippen molar-refractivity contribution in [2.24, 2.45) is 14.1 Å². The average molecular weight is 305 g/mol. The van der Waals surface area contributed by atoms with Crippen molar-refractivity contribution in [1.82, 2.24) is 4.57 Å². The van der Waals surface area contributed by atoms with Crippen molar-refractivity contribution in [2.75, 3.05) is 0 Å². The van der Waals surface area contributed by atoms with Gasteiger partial charge in [-0.3, -0.25) is 13.9 Å². The Labute approximate surface area is 116 Å². The summed E-state index contributed by atoms with van der Waals surface area (Å²) in [4.78, 5) is 12.0. The molecule has 0 aliphatic rings. The quantitative estimate of drug-likeness (QED) is 0.474. The van der Waals surface area contributed by atoms with E-state index in [0.717, 1.165) is 15.8 Å². The van der Waals surface area contributed by atoms with Crippen LogP contribution >= 0.6 is 15.9 Å². The van der Waals surface area contributed by atoms with E-state index in [1.54, 1.807) is 0 Å². The monoisotopic (exact) mass is 304 g/mol. The zero-order valence-electron chi connectivity index (χ0n) is 10.4. The van der Waals surface area contributed by atoms with Crippen LogP contribution in [-0.2, 0) is 14.1 Å². The number of benzene rings is 1. The van der Waals surface area contributed by atoms with Gasteiger partial charge in [0, 0.05) is 15.8 Å². The molecule has 5 heteroatoms. The van der Waals surface area contributed by atoms with Crippen molar-refractivity contribution >= 4 is 34.7 Å². The second-order valence-electron chi connectivity index (χ2n) is 4.22. The highest BCUT2D eigenvalue weighted by molar-refractivity contribution is 9.10. The molecular weight excluding hydrogens is 291 g/mol. The molecule has 0 aliphatic carbocycles. The van der Waals surface area contributed by atoms with E-state index in [4.69, 9.17) is 0 Å². The highest BCUT2D eigenvalue weighted by atomic mass is 79.9. The van der Waals surface area contributed by atoms with Gasteiger partial charge in [-0.1, -0.05) is 28.1 Å². The fourth-order valence-corrected chi connectivity index (χ4v) is 2.25. The number of aromatic nitrogens is 2. The minimum Gasteiger partial charge on any atom is -0.298 e. The van der Waals surface area contributed by atoms with Gasteiger partial charge in [-0.15, -0.1) is 0 Å². The van der Waals surface area contributed by atoms with Crippen LogP contribution in [0.2, 0.25) is 6.32 Å². The molecule has 0 fully saturated rings. The van der Waals surface area contributed by atoms with E-state index in [0.29, 0.717) is 6.32 Å². The molecule has 0 atom stereocenters. The predicted molar refractivity (Wildman–Crippen MR) is 75.3 cm³/mol. The molecule has 2 aromatic rings. The van der Waals surface area contributed by atoms with Crippen molar-refractivity contribution in [2.45, 2.75) is 6.32 Å². The van der Waals surface area contributed by atoms with Gasteiger partial charge in [0.05, 0.1) is 14.1 Å². The van der Waals surface area contributed by atoms with Gasteiger partial charge in [0.2, 0.25) is 0 Å². The van der Waals surface area contributed by atoms with Crippen molar-refractivity contribution in [3.63, 3.8) is 0 Å². The number of carbonyl (C=O) groups excluding carboxylic acids is 1. The zero-order valence-corrected chi connectivity index (χ0v) is 12.0. The lowest BCUT2D eigenvalue weighted by molar-refractivity contribution is -0.653. The summed E-state index contributed by atoms with van der Waals surface area (Å²) in [6.07, 6.45) is 4.34. The Morgan fingerprint density at radius 3 is 2.89 bits per heavy atom. The third kappa shape index (κ3) is 2.90. The van der Waals surface area contributed by atoms with Crippen LogP contribution < -0.4 is 10.3 Å². The van der Waals surface area contributed by atoms with Crippen LogP contribution in [0.1, 0.15) is 10.4 Å². The fraction of sp³-hybridized carbons (Fsp3) is 0.231. The summed E-state index contributed by atoms with van der Waals surface area (Å²) in [5, 5.41) is 0. The summed E-state index contributed by atoms with van der Waals surface area (Å²) < 4.78 is 4.92. The first-order valence-corrected chi connectivity index (χ1v) is 6.50. The minimum atomic E-state index is 0.123. The number of hydrogen-bond acceptors (Lipinski definition) is 1. The first kappa shape index (κ1) is 13.1. The summed E-state index contributed by atoms with van der Waals surface area (Å²) in [6, 6.07) is 7.48. The third-order valence-electron chi connectivity index (χ3n) is 2.85. The highest BCUT2D eigenvalue weighted by Gasteiger charge is 2.04. The molecule has 1 aromatic carbocycles. The molecule has 0 N–H and O–H groups in total. The number of imidazole rings is 1. The Bertz CT molecular complexity index is 561. The van der Waals surface area contributed by atoms with E-state index in [-0.39, 0.29) is 5.78 Å². The van der Waals surface area contributed by atoms with Crippen LogP contribution in [-0.4, -0.2) is 17.6 Å². The van der Waals surface area contributed by atoms with E-state index >= 15 is 0 Å². The molecule has 0 bridgehead atoms. The maximum absolute atomic E-state index is 12.0. The third-order valence-corrected chi connectivity index (χ3v) is 3.35. The Kier molecular flexibility index (Phi) is 4.02. The topological polar surface area (TPSA) is 25.9 Å². The molecule has 92 valence electrons. The SMILES string of the molecule is Cn1cc[n+](C)c1[B-]CC(=O)c1cccc(Br)c1. The Morgan fingerprint density at radius 1 is 1.50 bits per heavy atom. The normalized spacial score (nSPS) is 10.6. The molecule has 2 radical (unpaired) electrons. The standard InChI is InChI=1S/C13H14BBrN2O/c1-16-6-7-17(2)13(16)14-9-12(18)10-4-3-5-11(15)8-10/h3-8H,9H2,1-2H3. The highest BCUT2D eigenvalue weighted by Crippen LogP contribution is 2.13. The molecule has 0 spiro atoms. The molecule has 0 aliphatic heterocycles. The van der Waals surface area contributed by atoms with Gasteiger partial charge < -0.3 is 0 Å². The van der Waals surface area contributed by atoms with Crippen LogP contribution in [0.5, 0.6) is 0 Å². The molecule has 2 rings (SSSR count). The van der Waals surface area contributed by atoms with E-state index in [9.17, 15) is 4.79 Å². The van der Waals surface area contributed by atoms with Gasteiger partial charge in [-0.2, -0.15) is 13.6 Å². The maximum Gasteiger partial charge on any atom is 0.125 e. The first-order chi connectivity index (χ1) is 8.58.